The molecule has 0 spiro atoms. The molecule has 10 heteroatoms. The zero-order valence-corrected chi connectivity index (χ0v) is 19.1. The lowest BCUT2D eigenvalue weighted by Crippen LogP contribution is -2.37. The topological polar surface area (TPSA) is 126 Å². The lowest BCUT2D eigenvalue weighted by atomic mass is 9.85. The first-order chi connectivity index (χ1) is 16.9. The highest BCUT2D eigenvalue weighted by Gasteiger charge is 2.37. The van der Waals surface area contributed by atoms with E-state index < -0.39 is 18.0 Å². The van der Waals surface area contributed by atoms with Crippen LogP contribution in [0, 0.1) is 12.7 Å². The average molecular weight is 478 g/mol. The summed E-state index contributed by atoms with van der Waals surface area (Å²) < 4.78 is 27.1. The summed E-state index contributed by atoms with van der Waals surface area (Å²) in [5, 5.41) is 3.44. The Bertz CT molecular complexity index is 1510. The molecule has 0 bridgehead atoms. The lowest BCUT2D eigenvalue weighted by Gasteiger charge is -2.25. The van der Waals surface area contributed by atoms with E-state index in [4.69, 9.17) is 20.2 Å². The zero-order chi connectivity index (χ0) is 24.4. The number of rotatable bonds is 4. The monoisotopic (exact) mass is 478 g/mol. The number of halogens is 1. The van der Waals surface area contributed by atoms with Crippen LogP contribution in [0.3, 0.4) is 0 Å². The molecule has 3 N–H and O–H groups in total. The van der Waals surface area contributed by atoms with Crippen LogP contribution in [-0.4, -0.2) is 34.7 Å². The molecule has 0 saturated heterocycles. The van der Waals surface area contributed by atoms with Crippen LogP contribution in [-0.2, 0) is 45.1 Å². The Kier molecular flexibility index (Phi) is 4.97. The van der Waals surface area contributed by atoms with Gasteiger partial charge in [-0.05, 0) is 48.9 Å². The first-order valence-electron chi connectivity index (χ1n) is 11.5. The zero-order valence-electron chi connectivity index (χ0n) is 19.1. The van der Waals surface area contributed by atoms with Crippen molar-refractivity contribution in [1.82, 2.24) is 14.9 Å². The van der Waals surface area contributed by atoms with Crippen molar-refractivity contribution in [2.24, 2.45) is 5.73 Å². The van der Waals surface area contributed by atoms with Crippen molar-refractivity contribution >= 4 is 22.8 Å². The molecule has 4 heterocycles. The quantitative estimate of drug-likeness (QED) is 0.336. The maximum atomic E-state index is 14.7. The molecule has 3 aromatic rings. The van der Waals surface area contributed by atoms with E-state index in [-0.39, 0.29) is 31.3 Å². The van der Waals surface area contributed by atoms with Gasteiger partial charge >= 0.3 is 5.97 Å². The third kappa shape index (κ3) is 3.20. The molecule has 0 radical (unpaired) electrons. The van der Waals surface area contributed by atoms with Gasteiger partial charge in [-0.2, -0.15) is 0 Å². The van der Waals surface area contributed by atoms with Gasteiger partial charge in [-0.1, -0.05) is 0 Å². The van der Waals surface area contributed by atoms with Gasteiger partial charge in [-0.15, -0.1) is 0 Å². The molecule has 1 aromatic carbocycles. The largest absolute Gasteiger partial charge is 0.458 e. The molecule has 0 saturated carbocycles. The number of pyridine rings is 2. The van der Waals surface area contributed by atoms with Gasteiger partial charge in [-0.25, -0.2) is 14.2 Å². The van der Waals surface area contributed by atoms with Crippen molar-refractivity contribution in [3.05, 3.63) is 61.7 Å². The standard InChI is InChI=1S/C25H23FN4O5/c1-11-12-3-2-4-13-15-8-30-19(22(15)29-18(21(12)13)6-17(11)26)5-14-16(24(30)32)9-34-25(33)23(14)35-10-28-20(31)7-27/h5-6,23H,2-4,7-10,27H2,1H3,(H,28,31). The fourth-order valence-corrected chi connectivity index (χ4v) is 5.49. The van der Waals surface area contributed by atoms with E-state index in [9.17, 15) is 18.8 Å². The second-order valence-corrected chi connectivity index (χ2v) is 9.08. The van der Waals surface area contributed by atoms with Gasteiger partial charge in [0.25, 0.3) is 5.56 Å². The first kappa shape index (κ1) is 21.9. The third-order valence-electron chi connectivity index (χ3n) is 7.22. The second-order valence-electron chi connectivity index (χ2n) is 9.08. The van der Waals surface area contributed by atoms with Gasteiger partial charge in [-0.3, -0.25) is 9.59 Å². The van der Waals surface area contributed by atoms with E-state index in [0.717, 1.165) is 41.3 Å². The maximum Gasteiger partial charge on any atom is 0.340 e. The first-order valence-corrected chi connectivity index (χ1v) is 11.5. The summed E-state index contributed by atoms with van der Waals surface area (Å²) in [6.45, 7) is 1.52. The van der Waals surface area contributed by atoms with Crippen molar-refractivity contribution in [3.8, 4) is 11.4 Å². The molecule has 6 rings (SSSR count). The molecule has 0 fully saturated rings. The number of hydrogen-bond acceptors (Lipinski definition) is 7. The molecule has 9 nitrogen and oxygen atoms in total. The minimum Gasteiger partial charge on any atom is -0.458 e. The maximum absolute atomic E-state index is 14.7. The smallest absolute Gasteiger partial charge is 0.340 e. The molecule has 1 unspecified atom stereocenters. The summed E-state index contributed by atoms with van der Waals surface area (Å²) in [6.07, 6.45) is 1.35. The molecule has 1 amide bonds. The number of nitrogens with two attached hydrogens (primary N) is 1. The van der Waals surface area contributed by atoms with E-state index in [1.54, 1.807) is 17.6 Å². The SMILES string of the molecule is Cc1c(F)cc2nc3c(c4c2c1CCC4)Cn1c-3cc2c(c1=O)COC(=O)C2OCNC(=O)CN. The average Bonchev–Trinajstić information content (AvgIpc) is 3.22. The Labute approximate surface area is 199 Å². The van der Waals surface area contributed by atoms with Crippen molar-refractivity contribution in [1.29, 1.82) is 0 Å². The molecule has 1 aliphatic carbocycles. The highest BCUT2D eigenvalue weighted by atomic mass is 19.1. The number of carbonyl (C=O) groups excluding carboxylic acids is 2. The summed E-state index contributed by atoms with van der Waals surface area (Å²) in [7, 11) is 0. The van der Waals surface area contributed by atoms with Crippen LogP contribution in [0.15, 0.2) is 16.9 Å². The number of nitrogens with zero attached hydrogens (tertiary/aromatic N) is 2. The molecular weight excluding hydrogens is 455 g/mol. The molecule has 35 heavy (non-hydrogen) atoms. The van der Waals surface area contributed by atoms with Gasteiger partial charge in [0.2, 0.25) is 5.91 Å². The Morgan fingerprint density at radius 2 is 2.06 bits per heavy atom. The fourth-order valence-electron chi connectivity index (χ4n) is 5.49. The minimum atomic E-state index is -1.18. The molecule has 180 valence electrons. The summed E-state index contributed by atoms with van der Waals surface area (Å²) in [5.41, 5.74) is 11.2. The van der Waals surface area contributed by atoms with Gasteiger partial charge in [0.15, 0.2) is 6.10 Å². The number of ether oxygens (including phenoxy) is 2. The number of carbonyl (C=O) groups is 2. The van der Waals surface area contributed by atoms with Crippen LogP contribution in [0.1, 0.15) is 45.9 Å². The van der Waals surface area contributed by atoms with Crippen molar-refractivity contribution in [2.45, 2.75) is 45.4 Å². The third-order valence-corrected chi connectivity index (χ3v) is 7.22. The minimum absolute atomic E-state index is 0.157. The number of esters is 1. The summed E-state index contributed by atoms with van der Waals surface area (Å²) in [5.74, 6) is -1.38. The van der Waals surface area contributed by atoms with Crippen LogP contribution in [0.4, 0.5) is 4.39 Å². The Morgan fingerprint density at radius 3 is 2.86 bits per heavy atom. The fraction of sp³-hybridized carbons (Fsp3) is 0.360. The molecule has 1 atom stereocenters. The number of aryl methyl sites for hydroxylation is 2. The van der Waals surface area contributed by atoms with Gasteiger partial charge in [0, 0.05) is 22.6 Å². The number of amides is 1. The number of hydrogen-bond donors (Lipinski definition) is 2. The number of aromatic nitrogens is 2. The van der Waals surface area contributed by atoms with Crippen molar-refractivity contribution in [2.75, 3.05) is 13.3 Å². The Hall–Kier alpha value is -3.63. The van der Waals surface area contributed by atoms with E-state index in [1.807, 2.05) is 0 Å². The molecular formula is C25H23FN4O5. The van der Waals surface area contributed by atoms with E-state index in [1.165, 1.54) is 6.07 Å². The number of benzene rings is 1. The molecule has 3 aliphatic rings. The van der Waals surface area contributed by atoms with Crippen molar-refractivity contribution < 1.29 is 23.5 Å². The summed E-state index contributed by atoms with van der Waals surface area (Å²) in [6, 6.07) is 3.20. The van der Waals surface area contributed by atoms with Crippen molar-refractivity contribution in [3.63, 3.8) is 0 Å². The van der Waals surface area contributed by atoms with Crippen LogP contribution in [0.5, 0.6) is 0 Å². The number of nitrogens with one attached hydrogen (secondary N) is 1. The highest BCUT2D eigenvalue weighted by Crippen LogP contribution is 2.42. The normalized spacial score (nSPS) is 17.6. The predicted molar refractivity (Wildman–Crippen MR) is 123 cm³/mol. The lowest BCUT2D eigenvalue weighted by molar-refractivity contribution is -0.163. The second kappa shape index (κ2) is 7.96. The van der Waals surface area contributed by atoms with E-state index in [2.05, 4.69) is 5.32 Å². The predicted octanol–water partition coefficient (Wildman–Crippen LogP) is 1.51. The Morgan fingerprint density at radius 1 is 1.26 bits per heavy atom. The summed E-state index contributed by atoms with van der Waals surface area (Å²) >= 11 is 0. The van der Waals surface area contributed by atoms with Crippen LogP contribution in [0.2, 0.25) is 0 Å². The van der Waals surface area contributed by atoms with Crippen LogP contribution in [0.25, 0.3) is 22.3 Å². The highest BCUT2D eigenvalue weighted by molar-refractivity contribution is 5.92. The number of cyclic esters (lactones) is 1. The van der Waals surface area contributed by atoms with E-state index in [0.29, 0.717) is 40.1 Å². The van der Waals surface area contributed by atoms with E-state index >= 15 is 0 Å². The molecule has 2 aromatic heterocycles. The number of fused-ring (bicyclic) bond motifs is 5. The van der Waals surface area contributed by atoms with Gasteiger partial charge in [0.1, 0.15) is 19.2 Å². The van der Waals surface area contributed by atoms with Crippen LogP contribution >= 0.6 is 0 Å². The van der Waals surface area contributed by atoms with Crippen LogP contribution < -0.4 is 16.6 Å². The molecule has 2 aliphatic heterocycles. The summed E-state index contributed by atoms with van der Waals surface area (Å²) in [4.78, 5) is 42.2. The van der Waals surface area contributed by atoms with Gasteiger partial charge < -0.3 is 25.1 Å². The van der Waals surface area contributed by atoms with Gasteiger partial charge in [0.05, 0.1) is 35.6 Å². The Balaban J connectivity index is 1.50.